The largest absolute Gasteiger partial charge is 0.508 e. The lowest BCUT2D eigenvalue weighted by Crippen LogP contribution is -2.32. The predicted octanol–water partition coefficient (Wildman–Crippen LogP) is 3.34. The number of phenolic OH excluding ortho intramolecular Hbond substituents is 1. The molecule has 0 radical (unpaired) electrons. The third-order valence-electron chi connectivity index (χ3n) is 4.00. The van der Waals surface area contributed by atoms with Crippen molar-refractivity contribution in [3.05, 3.63) is 64.7 Å². The summed E-state index contributed by atoms with van der Waals surface area (Å²) in [7, 11) is 0. The summed E-state index contributed by atoms with van der Waals surface area (Å²) in [6.45, 7) is 1.73. The molecule has 1 aliphatic rings. The number of hydrogen-bond donors (Lipinski definition) is 2. The van der Waals surface area contributed by atoms with Gasteiger partial charge in [0.2, 0.25) is 0 Å². The molecule has 1 aliphatic carbocycles. The molecule has 0 spiro atoms. The molecule has 1 amide bonds. The molecule has 0 saturated heterocycles. The lowest BCUT2D eigenvalue weighted by molar-refractivity contribution is 0.0936. The number of nitrogens with one attached hydrogen (secondary N) is 1. The summed E-state index contributed by atoms with van der Waals surface area (Å²) in [6, 6.07) is 12.7. The second kappa shape index (κ2) is 5.41. The van der Waals surface area contributed by atoms with E-state index in [0.717, 1.165) is 12.0 Å². The SMILES string of the molecule is Cc1c(O)cccc1C(=O)NC1c2ccccc2CC1Cl. The van der Waals surface area contributed by atoms with E-state index in [1.807, 2.05) is 24.3 Å². The number of alkyl halides is 1. The van der Waals surface area contributed by atoms with Gasteiger partial charge in [-0.25, -0.2) is 0 Å². The van der Waals surface area contributed by atoms with Crippen molar-refractivity contribution < 1.29 is 9.90 Å². The number of rotatable bonds is 2. The second-order valence-electron chi connectivity index (χ2n) is 5.32. The van der Waals surface area contributed by atoms with Crippen LogP contribution < -0.4 is 5.32 Å². The standard InChI is InChI=1S/C17H16ClNO2/c1-10-12(7-4-8-15(10)20)17(21)19-16-13-6-3-2-5-11(13)9-14(16)18/h2-8,14,16,20H,9H2,1H3,(H,19,21). The Morgan fingerprint density at radius 2 is 2.00 bits per heavy atom. The molecule has 2 N–H and O–H groups in total. The normalized spacial score (nSPS) is 20.1. The summed E-state index contributed by atoms with van der Waals surface area (Å²) in [6.07, 6.45) is 0.752. The van der Waals surface area contributed by atoms with Crippen LogP contribution >= 0.6 is 11.6 Å². The van der Waals surface area contributed by atoms with Crippen molar-refractivity contribution >= 4 is 17.5 Å². The van der Waals surface area contributed by atoms with E-state index in [2.05, 4.69) is 5.32 Å². The van der Waals surface area contributed by atoms with Crippen molar-refractivity contribution in [3.8, 4) is 5.75 Å². The fourth-order valence-electron chi connectivity index (χ4n) is 2.80. The van der Waals surface area contributed by atoms with E-state index >= 15 is 0 Å². The average molecular weight is 302 g/mol. The number of carbonyl (C=O) groups excluding carboxylic acids is 1. The van der Waals surface area contributed by atoms with Gasteiger partial charge in [-0.1, -0.05) is 30.3 Å². The summed E-state index contributed by atoms with van der Waals surface area (Å²) in [5, 5.41) is 12.6. The Morgan fingerprint density at radius 3 is 2.81 bits per heavy atom. The van der Waals surface area contributed by atoms with Gasteiger partial charge >= 0.3 is 0 Å². The van der Waals surface area contributed by atoms with Gasteiger partial charge in [-0.2, -0.15) is 0 Å². The van der Waals surface area contributed by atoms with E-state index in [0.29, 0.717) is 11.1 Å². The number of amides is 1. The van der Waals surface area contributed by atoms with E-state index in [4.69, 9.17) is 11.6 Å². The zero-order valence-electron chi connectivity index (χ0n) is 11.6. The van der Waals surface area contributed by atoms with Crippen LogP contribution in [-0.2, 0) is 6.42 Å². The maximum Gasteiger partial charge on any atom is 0.252 e. The van der Waals surface area contributed by atoms with Crippen molar-refractivity contribution in [2.45, 2.75) is 24.8 Å². The molecule has 108 valence electrons. The van der Waals surface area contributed by atoms with Crippen LogP contribution in [0.5, 0.6) is 5.75 Å². The quantitative estimate of drug-likeness (QED) is 0.836. The molecule has 21 heavy (non-hydrogen) atoms. The number of benzene rings is 2. The van der Waals surface area contributed by atoms with Gasteiger partial charge in [-0.15, -0.1) is 11.6 Å². The molecular formula is C17H16ClNO2. The first-order chi connectivity index (χ1) is 10.1. The molecule has 0 heterocycles. The van der Waals surface area contributed by atoms with Crippen molar-refractivity contribution in [2.75, 3.05) is 0 Å². The molecule has 3 rings (SSSR count). The molecule has 0 aliphatic heterocycles. The van der Waals surface area contributed by atoms with Crippen LogP contribution in [-0.4, -0.2) is 16.4 Å². The van der Waals surface area contributed by atoms with E-state index in [1.54, 1.807) is 25.1 Å². The van der Waals surface area contributed by atoms with Gasteiger partial charge in [-0.05, 0) is 36.6 Å². The number of hydrogen-bond acceptors (Lipinski definition) is 2. The van der Waals surface area contributed by atoms with Gasteiger partial charge in [0, 0.05) is 11.1 Å². The highest BCUT2D eigenvalue weighted by molar-refractivity contribution is 6.21. The van der Waals surface area contributed by atoms with Crippen LogP contribution in [0, 0.1) is 6.92 Å². The first kappa shape index (κ1) is 14.0. The molecule has 0 aromatic heterocycles. The summed E-state index contributed by atoms with van der Waals surface area (Å²) in [5.74, 6) is -0.0901. The Morgan fingerprint density at radius 1 is 1.24 bits per heavy atom. The minimum absolute atomic E-state index is 0.122. The molecule has 2 atom stereocenters. The van der Waals surface area contributed by atoms with Crippen LogP contribution in [0.3, 0.4) is 0 Å². The van der Waals surface area contributed by atoms with Crippen molar-refractivity contribution in [1.29, 1.82) is 0 Å². The molecule has 2 aromatic carbocycles. The smallest absolute Gasteiger partial charge is 0.252 e. The Balaban J connectivity index is 1.87. The number of halogens is 1. The minimum atomic E-state index is -0.212. The van der Waals surface area contributed by atoms with E-state index in [-0.39, 0.29) is 23.1 Å². The molecule has 0 saturated carbocycles. The van der Waals surface area contributed by atoms with Crippen molar-refractivity contribution in [2.24, 2.45) is 0 Å². The van der Waals surface area contributed by atoms with Gasteiger partial charge in [0.15, 0.2) is 0 Å². The Labute approximate surface area is 128 Å². The Hall–Kier alpha value is -2.00. The molecule has 4 heteroatoms. The van der Waals surface area contributed by atoms with E-state index < -0.39 is 0 Å². The maximum atomic E-state index is 12.4. The zero-order valence-corrected chi connectivity index (χ0v) is 12.4. The zero-order chi connectivity index (χ0) is 15.0. The number of carbonyl (C=O) groups is 1. The second-order valence-corrected chi connectivity index (χ2v) is 5.88. The van der Waals surface area contributed by atoms with Crippen LogP contribution in [0.25, 0.3) is 0 Å². The number of fused-ring (bicyclic) bond motifs is 1. The topological polar surface area (TPSA) is 49.3 Å². The van der Waals surface area contributed by atoms with Crippen LogP contribution in [0.1, 0.15) is 33.1 Å². The fourth-order valence-corrected chi connectivity index (χ4v) is 3.17. The maximum absolute atomic E-state index is 12.4. The highest BCUT2D eigenvalue weighted by atomic mass is 35.5. The molecule has 3 nitrogen and oxygen atoms in total. The van der Waals surface area contributed by atoms with Gasteiger partial charge in [0.05, 0.1) is 11.4 Å². The first-order valence-electron chi connectivity index (χ1n) is 6.89. The predicted molar refractivity (Wildman–Crippen MR) is 82.8 cm³/mol. The highest BCUT2D eigenvalue weighted by Crippen LogP contribution is 2.35. The van der Waals surface area contributed by atoms with Gasteiger partial charge in [0.1, 0.15) is 5.75 Å². The molecule has 0 bridgehead atoms. The van der Waals surface area contributed by atoms with Crippen LogP contribution in [0.2, 0.25) is 0 Å². The minimum Gasteiger partial charge on any atom is -0.508 e. The summed E-state index contributed by atoms with van der Waals surface area (Å²) < 4.78 is 0. The van der Waals surface area contributed by atoms with Crippen molar-refractivity contribution in [3.63, 3.8) is 0 Å². The van der Waals surface area contributed by atoms with E-state index in [1.165, 1.54) is 5.56 Å². The average Bonchev–Trinajstić information content (AvgIpc) is 2.78. The lowest BCUT2D eigenvalue weighted by atomic mass is 10.0. The summed E-state index contributed by atoms with van der Waals surface area (Å²) in [5.41, 5.74) is 3.30. The fraction of sp³-hybridized carbons (Fsp3) is 0.235. The lowest BCUT2D eigenvalue weighted by Gasteiger charge is -2.18. The third kappa shape index (κ3) is 2.49. The Kier molecular flexibility index (Phi) is 3.60. The monoisotopic (exact) mass is 301 g/mol. The summed E-state index contributed by atoms with van der Waals surface area (Å²) in [4.78, 5) is 12.4. The molecule has 2 aromatic rings. The number of phenols is 1. The van der Waals surface area contributed by atoms with Gasteiger partial charge < -0.3 is 10.4 Å². The first-order valence-corrected chi connectivity index (χ1v) is 7.33. The Bertz CT molecular complexity index is 699. The highest BCUT2D eigenvalue weighted by Gasteiger charge is 2.32. The molecule has 0 fully saturated rings. The molecule has 2 unspecified atom stereocenters. The van der Waals surface area contributed by atoms with E-state index in [9.17, 15) is 9.90 Å². The molecular weight excluding hydrogens is 286 g/mol. The summed E-state index contributed by atoms with van der Waals surface area (Å²) >= 11 is 6.38. The van der Waals surface area contributed by atoms with Crippen LogP contribution in [0.15, 0.2) is 42.5 Å². The third-order valence-corrected chi connectivity index (χ3v) is 4.41. The number of aromatic hydroxyl groups is 1. The van der Waals surface area contributed by atoms with Crippen LogP contribution in [0.4, 0.5) is 0 Å². The van der Waals surface area contributed by atoms with Crippen molar-refractivity contribution in [1.82, 2.24) is 5.32 Å². The van der Waals surface area contributed by atoms with Gasteiger partial charge in [-0.3, -0.25) is 4.79 Å². The van der Waals surface area contributed by atoms with Gasteiger partial charge in [0.25, 0.3) is 5.91 Å².